The highest BCUT2D eigenvalue weighted by atomic mass is 16.6. The van der Waals surface area contributed by atoms with Crippen molar-refractivity contribution < 1.29 is 24.2 Å². The predicted molar refractivity (Wildman–Crippen MR) is 143 cm³/mol. The third-order valence-corrected chi connectivity index (χ3v) is 6.74. The molecule has 1 rings (SSSR count). The molecule has 0 aromatic heterocycles. The maximum atomic E-state index is 13.1. The van der Waals surface area contributed by atoms with E-state index in [9.17, 15) is 9.59 Å². The van der Waals surface area contributed by atoms with Crippen molar-refractivity contribution in [3.05, 3.63) is 29.8 Å². The van der Waals surface area contributed by atoms with Crippen LogP contribution in [0.5, 0.6) is 5.75 Å². The third-order valence-electron chi connectivity index (χ3n) is 6.74. The standard InChI is InChI=1S/C30H50O5/c1-4-7-9-10-11-12-13-14-15-16-18-26-20-22-27(23-21-26)35-29(33)30(6-3,34-25-8-5-2)24-17-19-28(31)32/h20-23H,4-19,24-25H2,1-3H3,(H,31,32). The molecule has 35 heavy (non-hydrogen) atoms. The molecule has 0 aliphatic carbocycles. The zero-order chi connectivity index (χ0) is 25.8. The van der Waals surface area contributed by atoms with Gasteiger partial charge in [-0.2, -0.15) is 0 Å². The molecule has 0 fully saturated rings. The SMILES string of the molecule is CCCCCCCCCCCCc1ccc(OC(=O)C(CC)(CCCC(=O)O)OCCCC)cc1. The van der Waals surface area contributed by atoms with Crippen LogP contribution in [0.25, 0.3) is 0 Å². The summed E-state index contributed by atoms with van der Waals surface area (Å²) in [7, 11) is 0. The van der Waals surface area contributed by atoms with Crippen LogP contribution in [0.2, 0.25) is 0 Å². The number of rotatable bonds is 22. The van der Waals surface area contributed by atoms with Crippen molar-refractivity contribution >= 4 is 11.9 Å². The second-order valence-electron chi connectivity index (χ2n) is 9.76. The lowest BCUT2D eigenvalue weighted by Crippen LogP contribution is -2.44. The first-order chi connectivity index (χ1) is 17.0. The van der Waals surface area contributed by atoms with Gasteiger partial charge in [-0.3, -0.25) is 4.79 Å². The summed E-state index contributed by atoms with van der Waals surface area (Å²) in [5, 5.41) is 8.99. The summed E-state index contributed by atoms with van der Waals surface area (Å²) in [5.74, 6) is -0.782. The Bertz CT molecular complexity index is 684. The Hall–Kier alpha value is -1.88. The lowest BCUT2D eigenvalue weighted by Gasteiger charge is -2.30. The number of hydrogen-bond donors (Lipinski definition) is 1. The quantitative estimate of drug-likeness (QED) is 0.101. The van der Waals surface area contributed by atoms with E-state index in [0.29, 0.717) is 31.6 Å². The van der Waals surface area contributed by atoms with Crippen LogP contribution in [0.3, 0.4) is 0 Å². The van der Waals surface area contributed by atoms with E-state index in [2.05, 4.69) is 13.8 Å². The summed E-state index contributed by atoms with van der Waals surface area (Å²) in [6, 6.07) is 7.78. The van der Waals surface area contributed by atoms with Gasteiger partial charge in [-0.15, -0.1) is 0 Å². The predicted octanol–water partition coefficient (Wildman–Crippen LogP) is 8.28. The Morgan fingerprint density at radius 3 is 1.89 bits per heavy atom. The molecular weight excluding hydrogens is 440 g/mol. The van der Waals surface area contributed by atoms with Gasteiger partial charge in [-0.1, -0.05) is 97.1 Å². The fraction of sp³-hybridized carbons (Fsp3) is 0.733. The monoisotopic (exact) mass is 490 g/mol. The van der Waals surface area contributed by atoms with E-state index in [0.717, 1.165) is 19.3 Å². The van der Waals surface area contributed by atoms with Crippen molar-refractivity contribution in [1.29, 1.82) is 0 Å². The molecule has 0 saturated heterocycles. The first-order valence-electron chi connectivity index (χ1n) is 14.1. The zero-order valence-corrected chi connectivity index (χ0v) is 22.6. The number of benzene rings is 1. The molecule has 1 N–H and O–H groups in total. The van der Waals surface area contributed by atoms with Crippen molar-refractivity contribution in [2.45, 2.75) is 136 Å². The molecule has 5 nitrogen and oxygen atoms in total. The van der Waals surface area contributed by atoms with E-state index in [-0.39, 0.29) is 6.42 Å². The Kier molecular flexibility index (Phi) is 17.2. The minimum absolute atomic E-state index is 0.0137. The largest absolute Gasteiger partial charge is 0.481 e. The molecule has 1 aromatic carbocycles. The molecule has 0 radical (unpaired) electrons. The second kappa shape index (κ2) is 19.3. The van der Waals surface area contributed by atoms with Crippen LogP contribution < -0.4 is 4.74 Å². The summed E-state index contributed by atoms with van der Waals surface area (Å²) >= 11 is 0. The van der Waals surface area contributed by atoms with Crippen LogP contribution >= 0.6 is 0 Å². The van der Waals surface area contributed by atoms with Gasteiger partial charge in [0.25, 0.3) is 0 Å². The van der Waals surface area contributed by atoms with Gasteiger partial charge < -0.3 is 14.6 Å². The van der Waals surface area contributed by atoms with Crippen LogP contribution in [-0.4, -0.2) is 29.3 Å². The Morgan fingerprint density at radius 1 is 0.771 bits per heavy atom. The van der Waals surface area contributed by atoms with Crippen molar-refractivity contribution in [2.24, 2.45) is 0 Å². The summed E-state index contributed by atoms with van der Waals surface area (Å²) in [6.07, 6.45) is 17.3. The van der Waals surface area contributed by atoms with Gasteiger partial charge in [0, 0.05) is 13.0 Å². The van der Waals surface area contributed by atoms with Crippen LogP contribution in [0.15, 0.2) is 24.3 Å². The minimum atomic E-state index is -1.10. The van der Waals surface area contributed by atoms with Gasteiger partial charge in [0.05, 0.1) is 0 Å². The Balaban J connectivity index is 2.47. The zero-order valence-electron chi connectivity index (χ0n) is 22.6. The maximum absolute atomic E-state index is 13.1. The third kappa shape index (κ3) is 13.7. The number of aliphatic carboxylic acids is 1. The molecule has 5 heteroatoms. The van der Waals surface area contributed by atoms with Crippen LogP contribution in [-0.2, 0) is 20.7 Å². The van der Waals surface area contributed by atoms with E-state index >= 15 is 0 Å². The number of carboxylic acids is 1. The van der Waals surface area contributed by atoms with Crippen molar-refractivity contribution in [2.75, 3.05) is 6.61 Å². The number of carbonyl (C=O) groups is 2. The van der Waals surface area contributed by atoms with Crippen LogP contribution in [0.4, 0.5) is 0 Å². The van der Waals surface area contributed by atoms with Gasteiger partial charge in [-0.05, 0) is 56.2 Å². The van der Waals surface area contributed by atoms with Crippen molar-refractivity contribution in [1.82, 2.24) is 0 Å². The van der Waals surface area contributed by atoms with Crippen LogP contribution in [0, 0.1) is 0 Å². The molecular formula is C30H50O5. The lowest BCUT2D eigenvalue weighted by atomic mass is 9.93. The fourth-order valence-corrected chi connectivity index (χ4v) is 4.33. The smallest absolute Gasteiger partial charge is 0.343 e. The van der Waals surface area contributed by atoms with E-state index in [1.165, 1.54) is 69.8 Å². The molecule has 0 bridgehead atoms. The maximum Gasteiger partial charge on any atom is 0.343 e. The second-order valence-corrected chi connectivity index (χ2v) is 9.76. The number of ether oxygens (including phenoxy) is 2. The highest BCUT2D eigenvalue weighted by Crippen LogP contribution is 2.27. The molecule has 1 atom stereocenters. The summed E-state index contributed by atoms with van der Waals surface area (Å²) < 4.78 is 11.7. The van der Waals surface area contributed by atoms with Gasteiger partial charge in [0.15, 0.2) is 5.60 Å². The number of aryl methyl sites for hydroxylation is 1. The number of hydrogen-bond acceptors (Lipinski definition) is 4. The van der Waals surface area contributed by atoms with E-state index in [1.54, 1.807) is 0 Å². The van der Waals surface area contributed by atoms with Gasteiger partial charge >= 0.3 is 11.9 Å². The van der Waals surface area contributed by atoms with E-state index < -0.39 is 17.5 Å². The normalized spacial score (nSPS) is 12.9. The number of unbranched alkanes of at least 4 members (excludes halogenated alkanes) is 10. The lowest BCUT2D eigenvalue weighted by molar-refractivity contribution is -0.165. The topological polar surface area (TPSA) is 72.8 Å². The average Bonchev–Trinajstić information content (AvgIpc) is 2.85. The molecule has 0 amide bonds. The molecule has 0 spiro atoms. The molecule has 0 saturated carbocycles. The van der Waals surface area contributed by atoms with Crippen LogP contribution in [0.1, 0.15) is 129 Å². The molecule has 1 unspecified atom stereocenters. The highest BCUT2D eigenvalue weighted by Gasteiger charge is 2.39. The fourth-order valence-electron chi connectivity index (χ4n) is 4.33. The average molecular weight is 491 g/mol. The molecule has 1 aromatic rings. The summed E-state index contributed by atoms with van der Waals surface area (Å²) in [6.45, 7) is 6.68. The summed E-state index contributed by atoms with van der Waals surface area (Å²) in [5.41, 5.74) is 0.158. The minimum Gasteiger partial charge on any atom is -0.481 e. The first-order valence-corrected chi connectivity index (χ1v) is 14.1. The number of esters is 1. The van der Waals surface area contributed by atoms with Gasteiger partial charge in [0.1, 0.15) is 5.75 Å². The van der Waals surface area contributed by atoms with Gasteiger partial charge in [-0.25, -0.2) is 4.79 Å². The Morgan fingerprint density at radius 2 is 1.34 bits per heavy atom. The van der Waals surface area contributed by atoms with E-state index in [1.807, 2.05) is 31.2 Å². The molecule has 0 heterocycles. The molecule has 200 valence electrons. The summed E-state index contributed by atoms with van der Waals surface area (Å²) in [4.78, 5) is 24.1. The number of carboxylic acid groups (broad SMARTS) is 1. The van der Waals surface area contributed by atoms with Crippen molar-refractivity contribution in [3.63, 3.8) is 0 Å². The Labute approximate surface area is 214 Å². The van der Waals surface area contributed by atoms with E-state index in [4.69, 9.17) is 14.6 Å². The highest BCUT2D eigenvalue weighted by molar-refractivity contribution is 5.82. The molecule has 0 aliphatic rings. The van der Waals surface area contributed by atoms with Gasteiger partial charge in [0.2, 0.25) is 0 Å². The number of carbonyl (C=O) groups excluding carboxylic acids is 1. The first kappa shape index (κ1) is 31.2. The van der Waals surface area contributed by atoms with Crippen molar-refractivity contribution in [3.8, 4) is 5.75 Å². The molecule has 0 aliphatic heterocycles.